The first-order valence-electron chi connectivity index (χ1n) is 4.01. The number of aromatic nitrogens is 5. The van der Waals surface area contributed by atoms with Crippen LogP contribution in [-0.2, 0) is 0 Å². The van der Waals surface area contributed by atoms with E-state index in [1.807, 2.05) is 13.8 Å². The number of hydrogen-bond donors (Lipinski definition) is 1. The summed E-state index contributed by atoms with van der Waals surface area (Å²) in [6, 6.07) is 0. The molecule has 0 aliphatic rings. The fourth-order valence-electron chi connectivity index (χ4n) is 0.996. The second kappa shape index (κ2) is 2.65. The van der Waals surface area contributed by atoms with Crippen molar-refractivity contribution in [2.24, 2.45) is 0 Å². The van der Waals surface area contributed by atoms with Crippen LogP contribution in [0.1, 0.15) is 25.6 Å². The molecule has 2 aromatic rings. The molecule has 0 saturated carbocycles. The summed E-state index contributed by atoms with van der Waals surface area (Å²) >= 11 is 0. The van der Waals surface area contributed by atoms with Crippen LogP contribution in [0.15, 0.2) is 6.33 Å². The van der Waals surface area contributed by atoms with Crippen molar-refractivity contribution in [2.75, 3.05) is 5.73 Å². The summed E-state index contributed by atoms with van der Waals surface area (Å²) < 4.78 is 1.44. The van der Waals surface area contributed by atoms with Crippen molar-refractivity contribution in [3.63, 3.8) is 0 Å². The highest BCUT2D eigenvalue weighted by molar-refractivity contribution is 5.33. The standard InChI is InChI=1S/C7H10N6/c1-4(2)5-11-7-10-3-9-6(8)13(7)12-5/h3-4H,1-2H3,(H2,8,9,10,11,12). The van der Waals surface area contributed by atoms with E-state index in [1.54, 1.807) is 0 Å². The predicted octanol–water partition coefficient (Wildman–Crippen LogP) is 0.225. The number of anilines is 1. The zero-order chi connectivity index (χ0) is 9.42. The molecule has 0 saturated heterocycles. The molecule has 13 heavy (non-hydrogen) atoms. The van der Waals surface area contributed by atoms with Gasteiger partial charge in [0.15, 0.2) is 5.82 Å². The van der Waals surface area contributed by atoms with Crippen molar-refractivity contribution in [3.05, 3.63) is 12.2 Å². The lowest BCUT2D eigenvalue weighted by molar-refractivity contribution is 0.764. The Balaban J connectivity index is 2.68. The van der Waals surface area contributed by atoms with E-state index < -0.39 is 0 Å². The first kappa shape index (κ1) is 7.90. The number of nitrogen functional groups attached to an aromatic ring is 1. The third-order valence-corrected chi connectivity index (χ3v) is 1.70. The average molecular weight is 178 g/mol. The van der Waals surface area contributed by atoms with Gasteiger partial charge in [-0.1, -0.05) is 13.8 Å². The molecule has 0 aliphatic carbocycles. The van der Waals surface area contributed by atoms with E-state index in [-0.39, 0.29) is 5.92 Å². The van der Waals surface area contributed by atoms with Gasteiger partial charge in [-0.05, 0) is 0 Å². The van der Waals surface area contributed by atoms with Gasteiger partial charge in [-0.25, -0.2) is 4.98 Å². The molecule has 2 N–H and O–H groups in total. The zero-order valence-corrected chi connectivity index (χ0v) is 7.47. The highest BCUT2D eigenvalue weighted by Gasteiger charge is 2.09. The van der Waals surface area contributed by atoms with Crippen LogP contribution in [0.25, 0.3) is 5.78 Å². The average Bonchev–Trinajstić information content (AvgIpc) is 2.49. The summed E-state index contributed by atoms with van der Waals surface area (Å²) in [5, 5.41) is 4.17. The Kier molecular flexibility index (Phi) is 1.61. The number of rotatable bonds is 1. The van der Waals surface area contributed by atoms with E-state index in [1.165, 1.54) is 10.8 Å². The Morgan fingerprint density at radius 3 is 2.77 bits per heavy atom. The van der Waals surface area contributed by atoms with Gasteiger partial charge in [0.25, 0.3) is 5.78 Å². The van der Waals surface area contributed by atoms with E-state index in [2.05, 4.69) is 20.1 Å². The Morgan fingerprint density at radius 1 is 1.38 bits per heavy atom. The zero-order valence-electron chi connectivity index (χ0n) is 7.47. The summed E-state index contributed by atoms with van der Waals surface area (Å²) in [6.07, 6.45) is 1.38. The molecule has 0 amide bonds. The molecule has 0 spiro atoms. The summed E-state index contributed by atoms with van der Waals surface area (Å²) in [5.74, 6) is 1.80. The Hall–Kier alpha value is -1.72. The van der Waals surface area contributed by atoms with E-state index >= 15 is 0 Å². The lowest BCUT2D eigenvalue weighted by Crippen LogP contribution is -2.02. The lowest BCUT2D eigenvalue weighted by atomic mass is 10.2. The second-order valence-electron chi connectivity index (χ2n) is 3.07. The second-order valence-corrected chi connectivity index (χ2v) is 3.07. The third-order valence-electron chi connectivity index (χ3n) is 1.70. The first-order valence-corrected chi connectivity index (χ1v) is 4.01. The number of nitrogens with zero attached hydrogens (tertiary/aromatic N) is 5. The molecule has 0 atom stereocenters. The molecule has 68 valence electrons. The summed E-state index contributed by atoms with van der Waals surface area (Å²) in [4.78, 5) is 11.9. The molecular formula is C7H10N6. The first-order chi connectivity index (χ1) is 6.18. The van der Waals surface area contributed by atoms with Gasteiger partial charge in [0.1, 0.15) is 6.33 Å². The number of nitrogens with two attached hydrogens (primary N) is 1. The molecule has 0 aliphatic heterocycles. The monoisotopic (exact) mass is 178 g/mol. The maximum atomic E-state index is 5.58. The topological polar surface area (TPSA) is 82.0 Å². The maximum absolute atomic E-state index is 5.58. The van der Waals surface area contributed by atoms with Crippen LogP contribution in [0.4, 0.5) is 5.95 Å². The van der Waals surface area contributed by atoms with E-state index in [0.717, 1.165) is 5.82 Å². The molecule has 0 radical (unpaired) electrons. The van der Waals surface area contributed by atoms with Crippen LogP contribution < -0.4 is 5.73 Å². The maximum Gasteiger partial charge on any atom is 0.257 e. The summed E-state index contributed by atoms with van der Waals surface area (Å²) in [5.41, 5.74) is 5.58. The molecular weight excluding hydrogens is 168 g/mol. The highest BCUT2D eigenvalue weighted by Crippen LogP contribution is 2.10. The van der Waals surface area contributed by atoms with Gasteiger partial charge in [-0.15, -0.1) is 5.10 Å². The minimum atomic E-state index is 0.265. The van der Waals surface area contributed by atoms with Crippen LogP contribution in [0.3, 0.4) is 0 Å². The Morgan fingerprint density at radius 2 is 2.15 bits per heavy atom. The van der Waals surface area contributed by atoms with E-state index in [0.29, 0.717) is 11.7 Å². The molecule has 2 heterocycles. The Bertz CT molecular complexity index is 431. The van der Waals surface area contributed by atoms with Crippen LogP contribution in [0.5, 0.6) is 0 Å². The molecule has 2 aromatic heterocycles. The molecule has 0 unspecified atom stereocenters. The van der Waals surface area contributed by atoms with E-state index in [4.69, 9.17) is 5.73 Å². The molecule has 6 nitrogen and oxygen atoms in total. The van der Waals surface area contributed by atoms with Gasteiger partial charge in [-0.3, -0.25) is 0 Å². The normalized spacial score (nSPS) is 11.3. The molecule has 0 bridgehead atoms. The number of hydrogen-bond acceptors (Lipinski definition) is 5. The molecule has 2 rings (SSSR count). The minimum Gasteiger partial charge on any atom is -0.368 e. The predicted molar refractivity (Wildman–Crippen MR) is 47.1 cm³/mol. The van der Waals surface area contributed by atoms with Crippen molar-refractivity contribution in [1.82, 2.24) is 24.6 Å². The fraction of sp³-hybridized carbons (Fsp3) is 0.429. The van der Waals surface area contributed by atoms with Gasteiger partial charge in [0, 0.05) is 5.92 Å². The van der Waals surface area contributed by atoms with Crippen molar-refractivity contribution in [3.8, 4) is 0 Å². The summed E-state index contributed by atoms with van der Waals surface area (Å²) in [6.45, 7) is 4.02. The quantitative estimate of drug-likeness (QED) is 0.675. The van der Waals surface area contributed by atoms with Crippen molar-refractivity contribution in [1.29, 1.82) is 0 Å². The van der Waals surface area contributed by atoms with Crippen molar-refractivity contribution >= 4 is 11.7 Å². The molecule has 0 fully saturated rings. The smallest absolute Gasteiger partial charge is 0.257 e. The largest absolute Gasteiger partial charge is 0.368 e. The minimum absolute atomic E-state index is 0.265. The van der Waals surface area contributed by atoms with Crippen LogP contribution >= 0.6 is 0 Å². The van der Waals surface area contributed by atoms with Gasteiger partial charge < -0.3 is 5.73 Å². The van der Waals surface area contributed by atoms with Crippen LogP contribution in [0, 0.1) is 0 Å². The van der Waals surface area contributed by atoms with Crippen LogP contribution in [0.2, 0.25) is 0 Å². The highest BCUT2D eigenvalue weighted by atomic mass is 15.4. The lowest BCUT2D eigenvalue weighted by Gasteiger charge is -1.93. The molecule has 0 aromatic carbocycles. The fourth-order valence-corrected chi connectivity index (χ4v) is 0.996. The van der Waals surface area contributed by atoms with Crippen LogP contribution in [-0.4, -0.2) is 24.6 Å². The number of fused-ring (bicyclic) bond motifs is 1. The van der Waals surface area contributed by atoms with Gasteiger partial charge in [-0.2, -0.15) is 14.5 Å². The van der Waals surface area contributed by atoms with Gasteiger partial charge >= 0.3 is 0 Å². The SMILES string of the molecule is CC(C)c1nc2ncnc(N)n2n1. The van der Waals surface area contributed by atoms with Crippen molar-refractivity contribution < 1.29 is 0 Å². The van der Waals surface area contributed by atoms with Gasteiger partial charge in [0.05, 0.1) is 0 Å². The van der Waals surface area contributed by atoms with Crippen molar-refractivity contribution in [2.45, 2.75) is 19.8 Å². The summed E-state index contributed by atoms with van der Waals surface area (Å²) in [7, 11) is 0. The third kappa shape index (κ3) is 1.20. The Labute approximate surface area is 74.8 Å². The molecule has 6 heteroatoms. The van der Waals surface area contributed by atoms with E-state index in [9.17, 15) is 0 Å². The van der Waals surface area contributed by atoms with Gasteiger partial charge in [0.2, 0.25) is 5.95 Å².